The lowest BCUT2D eigenvalue weighted by molar-refractivity contribution is 0.600. The summed E-state index contributed by atoms with van der Waals surface area (Å²) in [4.78, 5) is 12.7. The van der Waals surface area contributed by atoms with Crippen LogP contribution in [0.3, 0.4) is 0 Å². The van der Waals surface area contributed by atoms with E-state index >= 15 is 0 Å². The Bertz CT molecular complexity index is 1110. The highest BCUT2D eigenvalue weighted by Gasteiger charge is 2.22. The van der Waals surface area contributed by atoms with Gasteiger partial charge in [0.25, 0.3) is 15.6 Å². The number of nitrogens with zero attached hydrogens (tertiary/aromatic N) is 3. The molecule has 126 valence electrons. The molecule has 24 heavy (non-hydrogen) atoms. The number of aromatic nitrogens is 3. The average molecular weight is 346 g/mol. The van der Waals surface area contributed by atoms with Gasteiger partial charge in [-0.2, -0.15) is 5.10 Å². The van der Waals surface area contributed by atoms with Gasteiger partial charge in [-0.25, -0.2) is 8.42 Å². The van der Waals surface area contributed by atoms with Crippen LogP contribution < -0.4 is 10.3 Å². The van der Waals surface area contributed by atoms with Crippen LogP contribution in [0.1, 0.15) is 11.3 Å². The second-order valence-corrected chi connectivity index (χ2v) is 7.40. The van der Waals surface area contributed by atoms with Crippen molar-refractivity contribution in [3.05, 3.63) is 51.9 Å². The molecule has 3 rings (SSSR count). The fraction of sp³-hybridized carbons (Fsp3) is 0.250. The smallest absolute Gasteiger partial charge is 0.263 e. The van der Waals surface area contributed by atoms with Gasteiger partial charge in [0.1, 0.15) is 5.39 Å². The second kappa shape index (κ2) is 5.48. The predicted octanol–water partition coefficient (Wildman–Crippen LogP) is 1.69. The standard InChI is InChI=1S/C16H18N4O3S/c1-10-7-5-6-8-13(10)24(22,23)18-15-14-12(20(4)17-15)9-11(2)19(3)16(14)21/h5-9H,1-4H3,(H,17,18). The molecule has 0 spiro atoms. The highest BCUT2D eigenvalue weighted by Crippen LogP contribution is 2.23. The molecule has 2 aromatic heterocycles. The lowest BCUT2D eigenvalue weighted by atomic mass is 10.2. The summed E-state index contributed by atoms with van der Waals surface area (Å²) >= 11 is 0. The third kappa shape index (κ3) is 2.48. The zero-order valence-corrected chi connectivity index (χ0v) is 14.7. The number of sulfonamides is 1. The fourth-order valence-corrected chi connectivity index (χ4v) is 3.90. The van der Waals surface area contributed by atoms with Crippen molar-refractivity contribution in [2.24, 2.45) is 14.1 Å². The molecule has 3 aromatic rings. The van der Waals surface area contributed by atoms with Gasteiger partial charge in [0.15, 0.2) is 5.82 Å². The molecule has 0 aliphatic heterocycles. The Morgan fingerprint density at radius 2 is 1.79 bits per heavy atom. The van der Waals surface area contributed by atoms with Crippen LogP contribution in [0.15, 0.2) is 40.0 Å². The molecule has 0 fully saturated rings. The summed E-state index contributed by atoms with van der Waals surface area (Å²) in [6, 6.07) is 8.46. The normalized spacial score (nSPS) is 11.8. The van der Waals surface area contributed by atoms with Crippen LogP contribution in [0, 0.1) is 13.8 Å². The van der Waals surface area contributed by atoms with Crippen molar-refractivity contribution >= 4 is 26.7 Å². The number of aryl methyl sites for hydroxylation is 3. The third-order valence-electron chi connectivity index (χ3n) is 4.10. The van der Waals surface area contributed by atoms with E-state index in [0.717, 1.165) is 5.69 Å². The molecule has 7 nitrogen and oxygen atoms in total. The monoisotopic (exact) mass is 346 g/mol. The molecule has 0 bridgehead atoms. The van der Waals surface area contributed by atoms with Crippen LogP contribution in [-0.4, -0.2) is 22.8 Å². The Morgan fingerprint density at radius 1 is 1.12 bits per heavy atom. The van der Waals surface area contributed by atoms with E-state index in [2.05, 4.69) is 9.82 Å². The summed E-state index contributed by atoms with van der Waals surface area (Å²) < 4.78 is 30.8. The van der Waals surface area contributed by atoms with E-state index in [4.69, 9.17) is 0 Å². The Labute approximate surface area is 139 Å². The van der Waals surface area contributed by atoms with E-state index in [-0.39, 0.29) is 21.7 Å². The largest absolute Gasteiger partial charge is 0.315 e. The molecule has 0 saturated carbocycles. The number of fused-ring (bicyclic) bond motifs is 1. The van der Waals surface area contributed by atoms with E-state index in [1.807, 2.05) is 6.92 Å². The van der Waals surface area contributed by atoms with Crippen molar-refractivity contribution in [2.45, 2.75) is 18.7 Å². The van der Waals surface area contributed by atoms with E-state index in [1.165, 1.54) is 15.3 Å². The van der Waals surface area contributed by atoms with Gasteiger partial charge in [-0.05, 0) is 31.5 Å². The Hall–Kier alpha value is -2.61. The number of nitrogens with one attached hydrogen (secondary N) is 1. The first kappa shape index (κ1) is 16.3. The van der Waals surface area contributed by atoms with Crippen LogP contribution in [0.2, 0.25) is 0 Å². The molecular weight excluding hydrogens is 328 g/mol. The van der Waals surface area contributed by atoms with Crippen molar-refractivity contribution < 1.29 is 8.42 Å². The number of hydrogen-bond acceptors (Lipinski definition) is 4. The number of anilines is 1. The lowest BCUT2D eigenvalue weighted by Gasteiger charge is -2.09. The molecule has 1 N–H and O–H groups in total. The molecule has 0 aliphatic carbocycles. The molecule has 1 aromatic carbocycles. The van der Waals surface area contributed by atoms with Crippen molar-refractivity contribution in [1.82, 2.24) is 14.3 Å². The summed E-state index contributed by atoms with van der Waals surface area (Å²) in [5.41, 5.74) is 1.68. The van der Waals surface area contributed by atoms with Crippen LogP contribution in [-0.2, 0) is 24.1 Å². The average Bonchev–Trinajstić information content (AvgIpc) is 2.80. The number of hydrogen-bond donors (Lipinski definition) is 1. The highest BCUT2D eigenvalue weighted by molar-refractivity contribution is 7.92. The van der Waals surface area contributed by atoms with Gasteiger partial charge >= 0.3 is 0 Å². The minimum atomic E-state index is -3.84. The Balaban J connectivity index is 2.20. The highest BCUT2D eigenvalue weighted by atomic mass is 32.2. The molecular formula is C16H18N4O3S. The van der Waals surface area contributed by atoms with Crippen molar-refractivity contribution in [3.8, 4) is 0 Å². The zero-order valence-electron chi connectivity index (χ0n) is 13.9. The Kier molecular flexibility index (Phi) is 3.71. The van der Waals surface area contributed by atoms with Gasteiger partial charge in [0.2, 0.25) is 0 Å². The molecule has 8 heteroatoms. The van der Waals surface area contributed by atoms with Crippen molar-refractivity contribution in [3.63, 3.8) is 0 Å². The maximum atomic E-state index is 12.7. The predicted molar refractivity (Wildman–Crippen MR) is 92.7 cm³/mol. The summed E-state index contributed by atoms with van der Waals surface area (Å²) in [5, 5.41) is 4.44. The molecule has 0 aliphatic rings. The van der Waals surface area contributed by atoms with Gasteiger partial charge in [-0.3, -0.25) is 14.2 Å². The summed E-state index contributed by atoms with van der Waals surface area (Å²) in [5.74, 6) is 0.0383. The second-order valence-electron chi connectivity index (χ2n) is 5.75. The van der Waals surface area contributed by atoms with Gasteiger partial charge in [-0.15, -0.1) is 0 Å². The van der Waals surface area contributed by atoms with Crippen LogP contribution >= 0.6 is 0 Å². The van der Waals surface area contributed by atoms with Gasteiger partial charge in [0, 0.05) is 19.8 Å². The van der Waals surface area contributed by atoms with E-state index in [1.54, 1.807) is 45.3 Å². The quantitative estimate of drug-likeness (QED) is 0.782. The van der Waals surface area contributed by atoms with Crippen LogP contribution in [0.5, 0.6) is 0 Å². The van der Waals surface area contributed by atoms with Gasteiger partial charge in [0.05, 0.1) is 10.4 Å². The van der Waals surface area contributed by atoms with Crippen molar-refractivity contribution in [2.75, 3.05) is 4.72 Å². The fourth-order valence-electron chi connectivity index (χ4n) is 2.65. The summed E-state index contributed by atoms with van der Waals surface area (Å²) in [6.07, 6.45) is 0. The first-order valence-corrected chi connectivity index (χ1v) is 8.82. The molecule has 0 atom stereocenters. The maximum Gasteiger partial charge on any atom is 0.263 e. The zero-order chi connectivity index (χ0) is 17.6. The molecule has 0 saturated heterocycles. The number of benzene rings is 1. The SMILES string of the molecule is Cc1ccccc1S(=O)(=O)Nc1nn(C)c2cc(C)n(C)c(=O)c12. The summed E-state index contributed by atoms with van der Waals surface area (Å²) in [6.45, 7) is 3.53. The van der Waals surface area contributed by atoms with E-state index in [0.29, 0.717) is 11.1 Å². The first-order valence-electron chi connectivity index (χ1n) is 7.34. The van der Waals surface area contributed by atoms with Crippen LogP contribution in [0.25, 0.3) is 10.9 Å². The molecule has 2 heterocycles. The minimum Gasteiger partial charge on any atom is -0.315 e. The molecule has 0 radical (unpaired) electrons. The number of rotatable bonds is 3. The van der Waals surface area contributed by atoms with E-state index < -0.39 is 10.0 Å². The van der Waals surface area contributed by atoms with Crippen LogP contribution in [0.4, 0.5) is 5.82 Å². The lowest BCUT2D eigenvalue weighted by Crippen LogP contribution is -2.21. The van der Waals surface area contributed by atoms with Crippen molar-refractivity contribution in [1.29, 1.82) is 0 Å². The van der Waals surface area contributed by atoms with Gasteiger partial charge in [-0.1, -0.05) is 18.2 Å². The first-order chi connectivity index (χ1) is 11.2. The minimum absolute atomic E-state index is 0.0383. The summed E-state index contributed by atoms with van der Waals surface area (Å²) in [7, 11) is -0.520. The Morgan fingerprint density at radius 3 is 2.46 bits per heavy atom. The molecule has 0 unspecified atom stereocenters. The number of pyridine rings is 1. The topological polar surface area (TPSA) is 86.0 Å². The molecule has 0 amide bonds. The van der Waals surface area contributed by atoms with E-state index in [9.17, 15) is 13.2 Å². The maximum absolute atomic E-state index is 12.7. The van der Waals surface area contributed by atoms with Gasteiger partial charge < -0.3 is 4.57 Å². The third-order valence-corrected chi connectivity index (χ3v) is 5.60.